The van der Waals surface area contributed by atoms with E-state index in [0.717, 1.165) is 6.54 Å². The molecule has 0 saturated carbocycles. The Morgan fingerprint density at radius 3 is 2.80 bits per heavy atom. The lowest BCUT2D eigenvalue weighted by Crippen LogP contribution is -2.52. The van der Waals surface area contributed by atoms with E-state index in [1.54, 1.807) is 0 Å². The van der Waals surface area contributed by atoms with Gasteiger partial charge in [-0.05, 0) is 13.8 Å². The molecule has 3 nitrogen and oxygen atoms in total. The van der Waals surface area contributed by atoms with Crippen LogP contribution >= 0.6 is 0 Å². The van der Waals surface area contributed by atoms with Gasteiger partial charge in [0.2, 0.25) is 0 Å². The number of aliphatic hydroxyl groups excluding tert-OH is 1. The van der Waals surface area contributed by atoms with E-state index in [1.165, 1.54) is 0 Å². The normalized spacial score (nSPS) is 32.1. The molecule has 0 spiro atoms. The minimum atomic E-state index is -0.0638. The Hall–Kier alpha value is -0.120. The van der Waals surface area contributed by atoms with Crippen LogP contribution in [0.3, 0.4) is 0 Å². The van der Waals surface area contributed by atoms with Gasteiger partial charge in [-0.2, -0.15) is 0 Å². The quantitative estimate of drug-likeness (QED) is 0.534. The maximum absolute atomic E-state index is 8.72. The summed E-state index contributed by atoms with van der Waals surface area (Å²) in [5.74, 6) is 0. The van der Waals surface area contributed by atoms with Crippen LogP contribution in [0.2, 0.25) is 0 Å². The molecule has 2 N–H and O–H groups in total. The first kappa shape index (κ1) is 7.98. The number of rotatable bonds is 1. The van der Waals surface area contributed by atoms with E-state index in [-0.39, 0.29) is 18.2 Å². The van der Waals surface area contributed by atoms with Gasteiger partial charge in [0, 0.05) is 6.54 Å². The second kappa shape index (κ2) is 2.86. The van der Waals surface area contributed by atoms with Crippen molar-refractivity contribution in [2.24, 2.45) is 0 Å². The Morgan fingerprint density at radius 2 is 2.40 bits per heavy atom. The summed E-state index contributed by atoms with van der Waals surface area (Å²) in [6, 6.07) is 0.132. The molecule has 1 fully saturated rings. The molecule has 1 unspecified atom stereocenters. The number of hydrogen-bond donors (Lipinski definition) is 2. The molecule has 1 atom stereocenters. The summed E-state index contributed by atoms with van der Waals surface area (Å²) in [7, 11) is 0. The highest BCUT2D eigenvalue weighted by atomic mass is 16.5. The molecular formula is C7H15NO2. The first-order chi connectivity index (χ1) is 4.64. The van der Waals surface area contributed by atoms with Crippen LogP contribution in [-0.2, 0) is 4.74 Å². The van der Waals surface area contributed by atoms with Gasteiger partial charge < -0.3 is 15.2 Å². The zero-order valence-corrected chi connectivity index (χ0v) is 6.55. The molecule has 1 saturated heterocycles. The summed E-state index contributed by atoms with van der Waals surface area (Å²) >= 11 is 0. The Kier molecular flexibility index (Phi) is 2.28. The van der Waals surface area contributed by atoms with Gasteiger partial charge in [-0.25, -0.2) is 0 Å². The van der Waals surface area contributed by atoms with Gasteiger partial charge in [0.15, 0.2) is 0 Å². The third-order valence-corrected chi connectivity index (χ3v) is 1.71. The lowest BCUT2D eigenvalue weighted by atomic mass is 10.1. The summed E-state index contributed by atoms with van der Waals surface area (Å²) in [6.07, 6.45) is 0. The summed E-state index contributed by atoms with van der Waals surface area (Å²) in [5.41, 5.74) is -0.0638. The average Bonchev–Trinajstić information content (AvgIpc) is 1.88. The topological polar surface area (TPSA) is 41.5 Å². The number of morpholine rings is 1. The van der Waals surface area contributed by atoms with Crippen molar-refractivity contribution in [3.05, 3.63) is 0 Å². The van der Waals surface area contributed by atoms with Gasteiger partial charge in [0.05, 0.1) is 24.9 Å². The standard InChI is InChI=1S/C7H15NO2/c1-7(2)5-8-6(3-9)4-10-7/h6,8-9H,3-5H2,1-2H3. The highest BCUT2D eigenvalue weighted by molar-refractivity contribution is 4.81. The lowest BCUT2D eigenvalue weighted by molar-refractivity contribution is -0.0655. The van der Waals surface area contributed by atoms with Crippen LogP contribution in [0.5, 0.6) is 0 Å². The van der Waals surface area contributed by atoms with Crippen molar-refractivity contribution >= 4 is 0 Å². The molecule has 3 heteroatoms. The second-order valence-corrected chi connectivity index (χ2v) is 3.33. The smallest absolute Gasteiger partial charge is 0.0751 e. The van der Waals surface area contributed by atoms with Gasteiger partial charge in [0.1, 0.15) is 0 Å². The van der Waals surface area contributed by atoms with Crippen LogP contribution in [0.25, 0.3) is 0 Å². The molecule has 0 aromatic rings. The van der Waals surface area contributed by atoms with Crippen LogP contribution in [0, 0.1) is 0 Å². The highest BCUT2D eigenvalue weighted by Gasteiger charge is 2.26. The van der Waals surface area contributed by atoms with Gasteiger partial charge in [-0.1, -0.05) is 0 Å². The first-order valence-electron chi connectivity index (χ1n) is 3.62. The third-order valence-electron chi connectivity index (χ3n) is 1.71. The predicted molar refractivity (Wildman–Crippen MR) is 38.9 cm³/mol. The summed E-state index contributed by atoms with van der Waals surface area (Å²) in [5, 5.41) is 11.9. The maximum atomic E-state index is 8.72. The molecule has 1 rings (SSSR count). The van der Waals surface area contributed by atoms with Crippen LogP contribution in [0.15, 0.2) is 0 Å². The molecule has 60 valence electrons. The molecule has 10 heavy (non-hydrogen) atoms. The monoisotopic (exact) mass is 145 g/mol. The third kappa shape index (κ3) is 1.94. The van der Waals surface area contributed by atoms with E-state index in [0.29, 0.717) is 6.61 Å². The summed E-state index contributed by atoms with van der Waals surface area (Å²) in [6.45, 7) is 5.67. The SMILES string of the molecule is CC1(C)CNC(CO)CO1. The van der Waals surface area contributed by atoms with Crippen LogP contribution in [0.1, 0.15) is 13.8 Å². The molecule has 1 heterocycles. The molecule has 0 aliphatic carbocycles. The first-order valence-corrected chi connectivity index (χ1v) is 3.62. The van der Waals surface area contributed by atoms with Crippen molar-refractivity contribution < 1.29 is 9.84 Å². The van der Waals surface area contributed by atoms with E-state index in [9.17, 15) is 0 Å². The molecule has 1 aliphatic rings. The van der Waals surface area contributed by atoms with Crippen LogP contribution in [0.4, 0.5) is 0 Å². The Morgan fingerprint density at radius 1 is 1.70 bits per heavy atom. The van der Waals surface area contributed by atoms with Gasteiger partial charge in [-0.15, -0.1) is 0 Å². The van der Waals surface area contributed by atoms with Crippen LogP contribution in [-0.4, -0.2) is 36.5 Å². The predicted octanol–water partition coefficient (Wildman–Crippen LogP) is -0.254. The van der Waals surface area contributed by atoms with E-state index in [4.69, 9.17) is 9.84 Å². The molecule has 1 aliphatic heterocycles. The minimum Gasteiger partial charge on any atom is -0.395 e. The number of hydrogen-bond acceptors (Lipinski definition) is 3. The molecular weight excluding hydrogens is 130 g/mol. The van der Waals surface area contributed by atoms with Crippen molar-refractivity contribution in [3.63, 3.8) is 0 Å². The van der Waals surface area contributed by atoms with Crippen molar-refractivity contribution in [3.8, 4) is 0 Å². The van der Waals surface area contributed by atoms with Crippen molar-refractivity contribution in [1.82, 2.24) is 5.32 Å². The maximum Gasteiger partial charge on any atom is 0.0751 e. The fourth-order valence-corrected chi connectivity index (χ4v) is 0.944. The molecule has 0 radical (unpaired) electrons. The largest absolute Gasteiger partial charge is 0.395 e. The summed E-state index contributed by atoms with van der Waals surface area (Å²) in [4.78, 5) is 0. The van der Waals surface area contributed by atoms with Crippen molar-refractivity contribution in [1.29, 1.82) is 0 Å². The lowest BCUT2D eigenvalue weighted by Gasteiger charge is -2.34. The van der Waals surface area contributed by atoms with E-state index in [2.05, 4.69) is 5.32 Å². The fraction of sp³-hybridized carbons (Fsp3) is 1.00. The average molecular weight is 145 g/mol. The minimum absolute atomic E-state index is 0.0638. The van der Waals surface area contributed by atoms with Gasteiger partial charge >= 0.3 is 0 Å². The van der Waals surface area contributed by atoms with E-state index >= 15 is 0 Å². The Balaban J connectivity index is 2.31. The molecule has 0 aromatic carbocycles. The Bertz CT molecular complexity index is 104. The van der Waals surface area contributed by atoms with Gasteiger partial charge in [0.25, 0.3) is 0 Å². The van der Waals surface area contributed by atoms with Gasteiger partial charge in [-0.3, -0.25) is 0 Å². The molecule has 0 bridgehead atoms. The zero-order chi connectivity index (χ0) is 7.61. The molecule has 0 aromatic heterocycles. The summed E-state index contributed by atoms with van der Waals surface area (Å²) < 4.78 is 5.45. The highest BCUT2D eigenvalue weighted by Crippen LogP contribution is 2.12. The van der Waals surface area contributed by atoms with Crippen LogP contribution < -0.4 is 5.32 Å². The Labute approximate surface area is 61.4 Å². The van der Waals surface area contributed by atoms with E-state index in [1.807, 2.05) is 13.8 Å². The van der Waals surface area contributed by atoms with Crippen molar-refractivity contribution in [2.75, 3.05) is 19.8 Å². The van der Waals surface area contributed by atoms with E-state index < -0.39 is 0 Å². The fourth-order valence-electron chi connectivity index (χ4n) is 0.944. The number of ether oxygens (including phenoxy) is 1. The second-order valence-electron chi connectivity index (χ2n) is 3.33. The number of nitrogens with one attached hydrogen (secondary N) is 1. The zero-order valence-electron chi connectivity index (χ0n) is 6.55. The van der Waals surface area contributed by atoms with Crippen molar-refractivity contribution in [2.45, 2.75) is 25.5 Å². The number of aliphatic hydroxyl groups is 1. The molecule has 0 amide bonds.